The number of hydrazone groups is 1. The third-order valence-corrected chi connectivity index (χ3v) is 5.27. The molecule has 0 radical (unpaired) electrons. The number of anilines is 1. The molecule has 0 atom stereocenters. The predicted molar refractivity (Wildman–Crippen MR) is 110 cm³/mol. The van der Waals surface area contributed by atoms with Crippen LogP contribution in [-0.4, -0.2) is 38.4 Å². The van der Waals surface area contributed by atoms with E-state index in [1.807, 2.05) is 12.1 Å². The van der Waals surface area contributed by atoms with Gasteiger partial charge in [-0.15, -0.1) is 0 Å². The van der Waals surface area contributed by atoms with Gasteiger partial charge in [0.2, 0.25) is 10.0 Å². The second kappa shape index (κ2) is 8.27. The van der Waals surface area contributed by atoms with Crippen molar-refractivity contribution in [3.8, 4) is 5.75 Å². The van der Waals surface area contributed by atoms with Crippen LogP contribution in [0.3, 0.4) is 0 Å². The molecule has 0 bridgehead atoms. The Kier molecular flexibility index (Phi) is 5.79. The number of halogens is 1. The topological polar surface area (TPSA) is 99.1 Å². The lowest BCUT2D eigenvalue weighted by Crippen LogP contribution is -2.39. The number of benzene rings is 3. The third-order valence-electron chi connectivity index (χ3n) is 4.14. The van der Waals surface area contributed by atoms with E-state index in [0.717, 1.165) is 23.1 Å². The number of amides is 1. The van der Waals surface area contributed by atoms with Crippen LogP contribution in [0.5, 0.6) is 5.75 Å². The van der Waals surface area contributed by atoms with Crippen LogP contribution in [0.2, 0.25) is 0 Å². The van der Waals surface area contributed by atoms with Gasteiger partial charge in [0, 0.05) is 5.56 Å². The summed E-state index contributed by atoms with van der Waals surface area (Å²) in [7, 11) is -3.91. The highest BCUT2D eigenvalue weighted by molar-refractivity contribution is 7.92. The molecular formula is C20H18FN3O4S. The Labute approximate surface area is 167 Å². The van der Waals surface area contributed by atoms with E-state index >= 15 is 0 Å². The first kappa shape index (κ1) is 20.3. The van der Waals surface area contributed by atoms with Gasteiger partial charge in [-0.2, -0.15) is 5.10 Å². The molecule has 0 fully saturated rings. The van der Waals surface area contributed by atoms with Crippen LogP contribution in [0.25, 0.3) is 10.8 Å². The van der Waals surface area contributed by atoms with Crippen LogP contribution in [-0.2, 0) is 14.8 Å². The molecule has 29 heavy (non-hydrogen) atoms. The van der Waals surface area contributed by atoms with Crippen molar-refractivity contribution >= 4 is 38.6 Å². The van der Waals surface area contributed by atoms with E-state index in [1.54, 1.807) is 18.2 Å². The van der Waals surface area contributed by atoms with Crippen LogP contribution in [0.15, 0.2) is 65.8 Å². The normalized spacial score (nSPS) is 11.7. The fourth-order valence-electron chi connectivity index (χ4n) is 2.79. The molecule has 3 aromatic carbocycles. The van der Waals surface area contributed by atoms with Crippen molar-refractivity contribution in [1.29, 1.82) is 0 Å². The summed E-state index contributed by atoms with van der Waals surface area (Å²) >= 11 is 0. The van der Waals surface area contributed by atoms with Gasteiger partial charge in [0.25, 0.3) is 5.91 Å². The summed E-state index contributed by atoms with van der Waals surface area (Å²) in [6, 6.07) is 15.8. The number of phenolic OH excluding ortho intramolecular Hbond substituents is 1. The van der Waals surface area contributed by atoms with Gasteiger partial charge in [0.1, 0.15) is 18.1 Å². The molecule has 2 N–H and O–H groups in total. The molecule has 0 aliphatic rings. The van der Waals surface area contributed by atoms with Crippen molar-refractivity contribution in [2.45, 2.75) is 0 Å². The van der Waals surface area contributed by atoms with Crippen LogP contribution >= 0.6 is 0 Å². The first-order valence-corrected chi connectivity index (χ1v) is 10.4. The lowest BCUT2D eigenvalue weighted by Gasteiger charge is -2.21. The lowest BCUT2D eigenvalue weighted by atomic mass is 10.0. The Balaban J connectivity index is 1.79. The van der Waals surface area contributed by atoms with E-state index in [1.165, 1.54) is 30.5 Å². The molecule has 9 heteroatoms. The fraction of sp³-hybridized carbons (Fsp3) is 0.100. The first-order valence-electron chi connectivity index (χ1n) is 8.52. The zero-order valence-corrected chi connectivity index (χ0v) is 16.2. The quantitative estimate of drug-likeness (QED) is 0.478. The van der Waals surface area contributed by atoms with E-state index in [-0.39, 0.29) is 11.4 Å². The number of hydrogen-bond acceptors (Lipinski definition) is 5. The van der Waals surface area contributed by atoms with E-state index in [9.17, 15) is 22.7 Å². The first-order chi connectivity index (χ1) is 13.8. The molecule has 3 aromatic rings. The minimum absolute atomic E-state index is 0.0224. The number of carbonyl (C=O) groups excluding carboxylic acids is 1. The van der Waals surface area contributed by atoms with Crippen molar-refractivity contribution in [2.75, 3.05) is 17.1 Å². The minimum atomic E-state index is -3.91. The highest BCUT2D eigenvalue weighted by Gasteiger charge is 2.23. The van der Waals surface area contributed by atoms with Crippen molar-refractivity contribution in [3.05, 3.63) is 72.0 Å². The number of aromatic hydroxyl groups is 1. The maximum atomic E-state index is 14.0. The molecule has 0 saturated carbocycles. The van der Waals surface area contributed by atoms with Gasteiger partial charge in [0.15, 0.2) is 0 Å². The summed E-state index contributed by atoms with van der Waals surface area (Å²) in [5.74, 6) is -1.56. The van der Waals surface area contributed by atoms with Crippen molar-refractivity contribution in [3.63, 3.8) is 0 Å². The monoisotopic (exact) mass is 415 g/mol. The molecule has 0 saturated heterocycles. The van der Waals surface area contributed by atoms with E-state index < -0.39 is 28.3 Å². The third kappa shape index (κ3) is 4.69. The van der Waals surface area contributed by atoms with E-state index in [2.05, 4.69) is 10.5 Å². The summed E-state index contributed by atoms with van der Waals surface area (Å²) in [6.45, 7) is -0.654. The van der Waals surface area contributed by atoms with Gasteiger partial charge in [-0.05, 0) is 29.0 Å². The van der Waals surface area contributed by atoms with Gasteiger partial charge < -0.3 is 5.11 Å². The summed E-state index contributed by atoms with van der Waals surface area (Å²) in [4.78, 5) is 12.2. The highest BCUT2D eigenvalue weighted by atomic mass is 32.2. The second-order valence-corrected chi connectivity index (χ2v) is 8.14. The minimum Gasteiger partial charge on any atom is -0.507 e. The van der Waals surface area contributed by atoms with Gasteiger partial charge >= 0.3 is 0 Å². The molecular weight excluding hydrogens is 397 g/mol. The molecule has 0 aliphatic carbocycles. The summed E-state index contributed by atoms with van der Waals surface area (Å²) in [6.07, 6.45) is 2.15. The number of nitrogens with one attached hydrogen (secondary N) is 1. The van der Waals surface area contributed by atoms with Gasteiger partial charge in [-0.1, -0.05) is 42.5 Å². The number of hydrogen-bond donors (Lipinski definition) is 2. The van der Waals surface area contributed by atoms with Gasteiger partial charge in [-0.3, -0.25) is 9.10 Å². The van der Waals surface area contributed by atoms with Crippen LogP contribution in [0.1, 0.15) is 5.56 Å². The summed E-state index contributed by atoms with van der Waals surface area (Å²) in [5.41, 5.74) is 2.37. The number of para-hydroxylation sites is 1. The molecule has 3 rings (SSSR count). The van der Waals surface area contributed by atoms with Crippen LogP contribution < -0.4 is 9.73 Å². The fourth-order valence-corrected chi connectivity index (χ4v) is 3.65. The summed E-state index contributed by atoms with van der Waals surface area (Å²) in [5, 5.41) is 15.5. The Hall–Kier alpha value is -3.46. The number of phenols is 1. The molecule has 150 valence electrons. The van der Waals surface area contributed by atoms with Crippen LogP contribution in [0.4, 0.5) is 10.1 Å². The number of rotatable bonds is 6. The number of nitrogens with zero attached hydrogens (tertiary/aromatic N) is 2. The van der Waals surface area contributed by atoms with E-state index in [0.29, 0.717) is 9.87 Å². The average Bonchev–Trinajstić information content (AvgIpc) is 2.68. The zero-order chi connectivity index (χ0) is 21.0. The lowest BCUT2D eigenvalue weighted by molar-refractivity contribution is -0.119. The standard InChI is InChI=1S/C20H18FN3O4S/c1-29(27,28)24(18-9-5-4-8-17(18)21)13-20(26)23-22-12-16-15-7-3-2-6-14(15)10-11-19(16)25/h2-12,25H,13H2,1H3,(H,23,26)/b22-12-. The SMILES string of the molecule is CS(=O)(=O)N(CC(=O)N/N=C\c1c(O)ccc2ccccc12)c1ccccc1F. The number of sulfonamides is 1. The van der Waals surface area contributed by atoms with Crippen LogP contribution in [0, 0.1) is 5.82 Å². The zero-order valence-electron chi connectivity index (χ0n) is 15.4. The molecule has 0 unspecified atom stereocenters. The Morgan fingerprint density at radius 2 is 1.83 bits per heavy atom. The van der Waals surface area contributed by atoms with Crippen molar-refractivity contribution in [1.82, 2.24) is 5.43 Å². The molecule has 7 nitrogen and oxygen atoms in total. The average molecular weight is 415 g/mol. The smallest absolute Gasteiger partial charge is 0.260 e. The number of fused-ring (bicyclic) bond motifs is 1. The molecule has 0 aliphatic heterocycles. The maximum Gasteiger partial charge on any atom is 0.260 e. The highest BCUT2D eigenvalue weighted by Crippen LogP contribution is 2.25. The van der Waals surface area contributed by atoms with Gasteiger partial charge in [0.05, 0.1) is 18.2 Å². The molecule has 0 heterocycles. The Morgan fingerprint density at radius 1 is 1.14 bits per heavy atom. The van der Waals surface area contributed by atoms with Crippen molar-refractivity contribution < 1.29 is 22.7 Å². The Morgan fingerprint density at radius 3 is 2.55 bits per heavy atom. The summed E-state index contributed by atoms with van der Waals surface area (Å²) < 4.78 is 38.7. The van der Waals surface area contributed by atoms with Crippen molar-refractivity contribution in [2.24, 2.45) is 5.10 Å². The predicted octanol–water partition coefficient (Wildman–Crippen LogP) is 2.60. The van der Waals surface area contributed by atoms with Gasteiger partial charge in [-0.25, -0.2) is 18.2 Å². The second-order valence-electron chi connectivity index (χ2n) is 6.23. The molecule has 1 amide bonds. The Bertz CT molecular complexity index is 1200. The largest absolute Gasteiger partial charge is 0.507 e. The molecule has 0 spiro atoms. The van der Waals surface area contributed by atoms with E-state index in [4.69, 9.17) is 0 Å². The maximum absolute atomic E-state index is 14.0. The number of carbonyl (C=O) groups is 1. The molecule has 0 aromatic heterocycles.